The summed E-state index contributed by atoms with van der Waals surface area (Å²) >= 11 is 0. The minimum atomic E-state index is 0.0463. The number of hydrogen-bond donors (Lipinski definition) is 0. The van der Waals surface area contributed by atoms with Crippen LogP contribution in [0.4, 0.5) is 0 Å². The molecule has 1 rings (SSSR count). The molecule has 0 amide bonds. The largest absolute Gasteiger partial charge is 0.289 e. The molecule has 0 heterocycles. The first-order chi connectivity index (χ1) is 5.74. The first kappa shape index (κ1) is 9.15. The molecule has 0 bridgehead atoms. The van der Waals surface area contributed by atoms with Gasteiger partial charge in [0.05, 0.1) is 0 Å². The van der Waals surface area contributed by atoms with Crippen molar-refractivity contribution in [2.24, 2.45) is 0 Å². The topological polar surface area (TPSA) is 17.1 Å². The van der Waals surface area contributed by atoms with Gasteiger partial charge in [-0.05, 0) is 13.0 Å². The first-order valence-electron chi connectivity index (χ1n) is 3.73. The number of carbonyl (C=O) groups excluding carboxylic acids is 1. The van der Waals surface area contributed by atoms with Crippen LogP contribution in [-0.2, 0) is 0 Å². The van der Waals surface area contributed by atoms with Crippen LogP contribution in [0.15, 0.2) is 36.2 Å². The molecule has 0 N–H and O–H groups in total. The first-order valence-corrected chi connectivity index (χ1v) is 4.40. The average Bonchev–Trinajstić information content (AvgIpc) is 2.06. The molecule has 1 unspecified atom stereocenters. The van der Waals surface area contributed by atoms with Gasteiger partial charge in [0.1, 0.15) is 0 Å². The standard InChI is InChI=1S/C10H11OP/c1-8-2-4-9(5-3-8)10(11)6-7-12/h2-7H,12H2,1H3/b7-6+. The summed E-state index contributed by atoms with van der Waals surface area (Å²) < 4.78 is 0. The summed E-state index contributed by atoms with van der Waals surface area (Å²) in [7, 11) is 2.38. The highest BCUT2D eigenvalue weighted by atomic mass is 31.0. The van der Waals surface area contributed by atoms with Gasteiger partial charge in [-0.15, -0.1) is 9.24 Å². The molecule has 0 spiro atoms. The van der Waals surface area contributed by atoms with Gasteiger partial charge >= 0.3 is 0 Å². The fourth-order valence-corrected chi connectivity index (χ4v) is 1.08. The van der Waals surface area contributed by atoms with E-state index in [1.54, 1.807) is 5.82 Å². The molecule has 0 aromatic heterocycles. The Labute approximate surface area is 74.7 Å². The number of allylic oxidation sites excluding steroid dienone is 1. The van der Waals surface area contributed by atoms with Gasteiger partial charge in [-0.25, -0.2) is 0 Å². The van der Waals surface area contributed by atoms with Gasteiger partial charge in [0.25, 0.3) is 0 Å². The molecule has 0 saturated carbocycles. The molecule has 0 saturated heterocycles. The third-order valence-electron chi connectivity index (χ3n) is 1.58. The summed E-state index contributed by atoms with van der Waals surface area (Å²) in [6, 6.07) is 7.54. The van der Waals surface area contributed by atoms with Gasteiger partial charge < -0.3 is 0 Å². The van der Waals surface area contributed by atoms with Crippen molar-refractivity contribution in [3.63, 3.8) is 0 Å². The van der Waals surface area contributed by atoms with Gasteiger partial charge in [0, 0.05) is 5.56 Å². The van der Waals surface area contributed by atoms with E-state index in [1.165, 1.54) is 11.6 Å². The Balaban J connectivity index is 2.90. The second-order valence-corrected chi connectivity index (χ2v) is 2.97. The lowest BCUT2D eigenvalue weighted by atomic mass is 10.1. The van der Waals surface area contributed by atoms with E-state index in [4.69, 9.17) is 0 Å². The fraction of sp³-hybridized carbons (Fsp3) is 0.100. The zero-order chi connectivity index (χ0) is 8.97. The Morgan fingerprint density at radius 1 is 1.33 bits per heavy atom. The smallest absolute Gasteiger partial charge is 0.185 e. The maximum absolute atomic E-state index is 11.3. The van der Waals surface area contributed by atoms with Crippen LogP contribution in [0.2, 0.25) is 0 Å². The minimum absolute atomic E-state index is 0.0463. The Hall–Kier alpha value is -0.940. The predicted molar refractivity (Wildman–Crippen MR) is 54.4 cm³/mol. The number of benzene rings is 1. The zero-order valence-electron chi connectivity index (χ0n) is 6.95. The zero-order valence-corrected chi connectivity index (χ0v) is 8.10. The van der Waals surface area contributed by atoms with E-state index in [9.17, 15) is 4.79 Å². The molecular formula is C10H11OP. The lowest BCUT2D eigenvalue weighted by molar-refractivity contribution is 0.104. The SMILES string of the molecule is Cc1ccc(C(=O)/C=C/P)cc1. The van der Waals surface area contributed by atoms with Gasteiger partial charge in [-0.2, -0.15) is 0 Å². The average molecular weight is 178 g/mol. The molecule has 0 aliphatic carbocycles. The summed E-state index contributed by atoms with van der Waals surface area (Å²) in [5.74, 6) is 1.72. The summed E-state index contributed by atoms with van der Waals surface area (Å²) in [6.45, 7) is 2.00. The molecule has 1 aromatic rings. The van der Waals surface area contributed by atoms with Crippen LogP contribution in [0.1, 0.15) is 15.9 Å². The minimum Gasteiger partial charge on any atom is -0.289 e. The lowest BCUT2D eigenvalue weighted by Gasteiger charge is -1.95. The van der Waals surface area contributed by atoms with Crippen LogP contribution in [0.5, 0.6) is 0 Å². The van der Waals surface area contributed by atoms with Crippen molar-refractivity contribution < 1.29 is 4.79 Å². The van der Waals surface area contributed by atoms with Crippen molar-refractivity contribution in [3.8, 4) is 0 Å². The molecular weight excluding hydrogens is 167 g/mol. The van der Waals surface area contributed by atoms with Gasteiger partial charge in [-0.1, -0.05) is 35.6 Å². The summed E-state index contributed by atoms with van der Waals surface area (Å²) in [5.41, 5.74) is 1.90. The molecule has 1 nitrogen and oxygen atoms in total. The quantitative estimate of drug-likeness (QED) is 0.386. The normalized spacial score (nSPS) is 10.5. The highest BCUT2D eigenvalue weighted by Crippen LogP contribution is 2.04. The maximum atomic E-state index is 11.3. The molecule has 62 valence electrons. The Kier molecular flexibility index (Phi) is 3.19. The number of ketones is 1. The molecule has 2 heteroatoms. The van der Waals surface area contributed by atoms with Crippen LogP contribution >= 0.6 is 9.24 Å². The second-order valence-electron chi connectivity index (χ2n) is 2.59. The van der Waals surface area contributed by atoms with E-state index in [-0.39, 0.29) is 5.78 Å². The van der Waals surface area contributed by atoms with E-state index in [0.29, 0.717) is 0 Å². The van der Waals surface area contributed by atoms with E-state index in [1.807, 2.05) is 31.2 Å². The van der Waals surface area contributed by atoms with Crippen molar-refractivity contribution in [1.82, 2.24) is 0 Å². The van der Waals surface area contributed by atoms with Crippen molar-refractivity contribution in [2.75, 3.05) is 0 Å². The highest BCUT2D eigenvalue weighted by molar-refractivity contribution is 7.20. The molecule has 0 radical (unpaired) electrons. The van der Waals surface area contributed by atoms with E-state index in [2.05, 4.69) is 9.24 Å². The molecule has 12 heavy (non-hydrogen) atoms. The van der Waals surface area contributed by atoms with Crippen molar-refractivity contribution in [1.29, 1.82) is 0 Å². The van der Waals surface area contributed by atoms with E-state index >= 15 is 0 Å². The van der Waals surface area contributed by atoms with Gasteiger partial charge in [0.2, 0.25) is 0 Å². The lowest BCUT2D eigenvalue weighted by Crippen LogP contribution is -1.92. The molecule has 0 fully saturated rings. The second kappa shape index (κ2) is 4.18. The number of aryl methyl sites for hydroxylation is 1. The maximum Gasteiger partial charge on any atom is 0.185 e. The van der Waals surface area contributed by atoms with Gasteiger partial charge in [-0.3, -0.25) is 4.79 Å². The number of hydrogen-bond acceptors (Lipinski definition) is 1. The number of carbonyl (C=O) groups is 1. The van der Waals surface area contributed by atoms with Crippen LogP contribution in [0, 0.1) is 6.92 Å². The summed E-state index contributed by atoms with van der Waals surface area (Å²) in [4.78, 5) is 11.3. The van der Waals surface area contributed by atoms with Crippen molar-refractivity contribution in [3.05, 3.63) is 47.3 Å². The molecule has 0 aliphatic rings. The van der Waals surface area contributed by atoms with Gasteiger partial charge in [0.15, 0.2) is 5.78 Å². The van der Waals surface area contributed by atoms with E-state index < -0.39 is 0 Å². The molecule has 1 aromatic carbocycles. The van der Waals surface area contributed by atoms with Crippen molar-refractivity contribution in [2.45, 2.75) is 6.92 Å². The van der Waals surface area contributed by atoms with Crippen LogP contribution in [-0.4, -0.2) is 5.78 Å². The Bertz CT molecular complexity index is 298. The van der Waals surface area contributed by atoms with E-state index in [0.717, 1.165) is 5.56 Å². The summed E-state index contributed by atoms with van der Waals surface area (Å²) in [6.07, 6.45) is 1.54. The fourth-order valence-electron chi connectivity index (χ4n) is 0.901. The van der Waals surface area contributed by atoms with Crippen molar-refractivity contribution >= 4 is 15.0 Å². The Morgan fingerprint density at radius 3 is 2.42 bits per heavy atom. The third-order valence-corrected chi connectivity index (χ3v) is 1.78. The predicted octanol–water partition coefficient (Wildman–Crippen LogP) is 2.57. The monoisotopic (exact) mass is 178 g/mol. The van der Waals surface area contributed by atoms with Crippen LogP contribution in [0.3, 0.4) is 0 Å². The Morgan fingerprint density at radius 2 is 1.92 bits per heavy atom. The van der Waals surface area contributed by atoms with Crippen LogP contribution in [0.25, 0.3) is 0 Å². The molecule has 0 aliphatic heterocycles. The molecule has 1 atom stereocenters. The third kappa shape index (κ3) is 2.28. The number of rotatable bonds is 2. The highest BCUT2D eigenvalue weighted by Gasteiger charge is 1.98. The van der Waals surface area contributed by atoms with Crippen LogP contribution < -0.4 is 0 Å². The summed E-state index contributed by atoms with van der Waals surface area (Å²) in [5, 5.41) is 0.